The molecule has 1 aromatic carbocycles. The SMILES string of the molecule is CCCOCC(=O)N(CC(N)=O)Cc1ccccc1N. The average molecular weight is 279 g/mol. The van der Waals surface area contributed by atoms with Gasteiger partial charge in [0.15, 0.2) is 0 Å². The number of hydrogen-bond acceptors (Lipinski definition) is 4. The number of amides is 2. The molecule has 6 nitrogen and oxygen atoms in total. The Kier molecular flexibility index (Phi) is 6.52. The van der Waals surface area contributed by atoms with Crippen molar-refractivity contribution in [3.05, 3.63) is 29.8 Å². The van der Waals surface area contributed by atoms with E-state index in [1.165, 1.54) is 4.90 Å². The third kappa shape index (κ3) is 5.27. The fraction of sp³-hybridized carbons (Fsp3) is 0.429. The third-order valence-corrected chi connectivity index (χ3v) is 2.69. The smallest absolute Gasteiger partial charge is 0.249 e. The second-order valence-corrected chi connectivity index (χ2v) is 4.47. The van der Waals surface area contributed by atoms with E-state index in [1.54, 1.807) is 6.07 Å². The van der Waals surface area contributed by atoms with Gasteiger partial charge in [-0.05, 0) is 18.1 Å². The molecule has 0 aliphatic rings. The number of rotatable bonds is 8. The summed E-state index contributed by atoms with van der Waals surface area (Å²) < 4.78 is 5.20. The minimum Gasteiger partial charge on any atom is -0.398 e. The van der Waals surface area contributed by atoms with Crippen LogP contribution in [0.2, 0.25) is 0 Å². The van der Waals surface area contributed by atoms with Crippen LogP contribution < -0.4 is 11.5 Å². The first-order valence-electron chi connectivity index (χ1n) is 6.51. The topological polar surface area (TPSA) is 98.6 Å². The van der Waals surface area contributed by atoms with Gasteiger partial charge >= 0.3 is 0 Å². The number of carbonyl (C=O) groups excluding carboxylic acids is 2. The number of nitrogens with two attached hydrogens (primary N) is 2. The first kappa shape index (κ1) is 16.0. The van der Waals surface area contributed by atoms with Crippen LogP contribution in [0.3, 0.4) is 0 Å². The quantitative estimate of drug-likeness (QED) is 0.535. The first-order valence-corrected chi connectivity index (χ1v) is 6.51. The van der Waals surface area contributed by atoms with Crippen molar-refractivity contribution in [1.82, 2.24) is 4.90 Å². The summed E-state index contributed by atoms with van der Waals surface area (Å²) in [6, 6.07) is 7.19. The van der Waals surface area contributed by atoms with E-state index in [0.29, 0.717) is 12.3 Å². The summed E-state index contributed by atoms with van der Waals surface area (Å²) in [5.74, 6) is -0.844. The van der Waals surface area contributed by atoms with Gasteiger partial charge in [-0.15, -0.1) is 0 Å². The molecule has 2 amide bonds. The lowest BCUT2D eigenvalue weighted by molar-refractivity contribution is -0.139. The van der Waals surface area contributed by atoms with Crippen molar-refractivity contribution in [2.45, 2.75) is 19.9 Å². The molecule has 0 saturated carbocycles. The molecule has 0 atom stereocenters. The van der Waals surface area contributed by atoms with E-state index in [4.69, 9.17) is 16.2 Å². The molecule has 0 fully saturated rings. The average Bonchev–Trinajstić information content (AvgIpc) is 2.40. The number of anilines is 1. The molecule has 4 N–H and O–H groups in total. The van der Waals surface area contributed by atoms with Crippen molar-refractivity contribution < 1.29 is 14.3 Å². The minimum atomic E-state index is -0.566. The molecule has 110 valence electrons. The summed E-state index contributed by atoms with van der Waals surface area (Å²) in [4.78, 5) is 24.4. The third-order valence-electron chi connectivity index (χ3n) is 2.69. The second kappa shape index (κ2) is 8.16. The van der Waals surface area contributed by atoms with E-state index in [9.17, 15) is 9.59 Å². The van der Waals surface area contributed by atoms with Crippen LogP contribution >= 0.6 is 0 Å². The van der Waals surface area contributed by atoms with Crippen LogP contribution in [0.4, 0.5) is 5.69 Å². The van der Waals surface area contributed by atoms with Gasteiger partial charge < -0.3 is 21.1 Å². The van der Waals surface area contributed by atoms with Crippen LogP contribution in [-0.2, 0) is 20.9 Å². The van der Waals surface area contributed by atoms with E-state index in [0.717, 1.165) is 12.0 Å². The van der Waals surface area contributed by atoms with Crippen molar-refractivity contribution in [3.63, 3.8) is 0 Å². The molecule has 6 heteroatoms. The van der Waals surface area contributed by atoms with Crippen molar-refractivity contribution in [3.8, 4) is 0 Å². The van der Waals surface area contributed by atoms with Crippen LogP contribution in [0.25, 0.3) is 0 Å². The number of hydrogen-bond donors (Lipinski definition) is 2. The molecule has 1 aromatic rings. The van der Waals surface area contributed by atoms with E-state index in [-0.39, 0.29) is 25.6 Å². The molecular formula is C14H21N3O3. The Labute approximate surface area is 118 Å². The predicted octanol–water partition coefficient (Wildman–Crippen LogP) is 0.509. The van der Waals surface area contributed by atoms with E-state index >= 15 is 0 Å². The molecule has 0 bridgehead atoms. The number of ether oxygens (including phenoxy) is 1. The Hall–Kier alpha value is -2.08. The number of carbonyl (C=O) groups is 2. The largest absolute Gasteiger partial charge is 0.398 e. The van der Waals surface area contributed by atoms with Gasteiger partial charge in [-0.3, -0.25) is 9.59 Å². The summed E-state index contributed by atoms with van der Waals surface area (Å²) in [7, 11) is 0. The zero-order valence-corrected chi connectivity index (χ0v) is 11.7. The molecule has 20 heavy (non-hydrogen) atoms. The minimum absolute atomic E-state index is 0.0616. The van der Waals surface area contributed by atoms with Crippen molar-refractivity contribution in [1.29, 1.82) is 0 Å². The first-order chi connectivity index (χ1) is 9.54. The highest BCUT2D eigenvalue weighted by Gasteiger charge is 2.17. The molecule has 0 radical (unpaired) electrons. The number of benzene rings is 1. The van der Waals surface area contributed by atoms with Crippen LogP contribution in [0.1, 0.15) is 18.9 Å². The highest BCUT2D eigenvalue weighted by Crippen LogP contribution is 2.13. The van der Waals surface area contributed by atoms with Gasteiger partial charge in [0.2, 0.25) is 11.8 Å². The van der Waals surface area contributed by atoms with Gasteiger partial charge in [0.1, 0.15) is 6.61 Å². The molecule has 0 aliphatic heterocycles. The highest BCUT2D eigenvalue weighted by molar-refractivity contribution is 5.84. The standard InChI is InChI=1S/C14H21N3O3/c1-2-7-20-10-14(19)17(9-13(16)18)8-11-5-3-4-6-12(11)15/h3-6H,2,7-10,15H2,1H3,(H2,16,18). The maximum atomic E-state index is 12.0. The van der Waals surface area contributed by atoms with Crippen molar-refractivity contribution in [2.24, 2.45) is 5.73 Å². The second-order valence-electron chi connectivity index (χ2n) is 4.47. The molecule has 0 aliphatic carbocycles. The Morgan fingerprint density at radius 2 is 2.00 bits per heavy atom. The number of primary amides is 1. The van der Waals surface area contributed by atoms with Gasteiger partial charge in [0, 0.05) is 18.8 Å². The number of para-hydroxylation sites is 1. The lowest BCUT2D eigenvalue weighted by atomic mass is 10.1. The Bertz CT molecular complexity index is 463. The molecule has 0 heterocycles. The maximum absolute atomic E-state index is 12.0. The van der Waals surface area contributed by atoms with Gasteiger partial charge in [-0.1, -0.05) is 25.1 Å². The normalized spacial score (nSPS) is 10.2. The molecule has 0 saturated heterocycles. The highest BCUT2D eigenvalue weighted by atomic mass is 16.5. The Morgan fingerprint density at radius 1 is 1.30 bits per heavy atom. The van der Waals surface area contributed by atoms with E-state index < -0.39 is 5.91 Å². The van der Waals surface area contributed by atoms with Crippen LogP contribution in [0, 0.1) is 0 Å². The predicted molar refractivity (Wildman–Crippen MR) is 76.6 cm³/mol. The zero-order chi connectivity index (χ0) is 15.0. The van der Waals surface area contributed by atoms with Crippen LogP contribution in [0.15, 0.2) is 24.3 Å². The molecular weight excluding hydrogens is 258 g/mol. The summed E-state index contributed by atoms with van der Waals surface area (Å²) in [6.45, 7) is 2.49. The fourth-order valence-electron chi connectivity index (χ4n) is 1.70. The van der Waals surface area contributed by atoms with Gasteiger partial charge in [0.25, 0.3) is 0 Å². The van der Waals surface area contributed by atoms with E-state index in [2.05, 4.69) is 0 Å². The number of nitrogen functional groups attached to an aromatic ring is 1. The number of nitrogens with zero attached hydrogens (tertiary/aromatic N) is 1. The lowest BCUT2D eigenvalue weighted by Gasteiger charge is -2.22. The van der Waals surface area contributed by atoms with Crippen LogP contribution in [-0.4, -0.2) is 36.5 Å². The van der Waals surface area contributed by atoms with Gasteiger partial charge in [-0.2, -0.15) is 0 Å². The van der Waals surface area contributed by atoms with Gasteiger partial charge in [0.05, 0.1) is 6.54 Å². The van der Waals surface area contributed by atoms with Crippen molar-refractivity contribution in [2.75, 3.05) is 25.5 Å². The summed E-state index contributed by atoms with van der Waals surface area (Å²) >= 11 is 0. The zero-order valence-electron chi connectivity index (χ0n) is 11.7. The molecule has 0 spiro atoms. The summed E-state index contributed by atoms with van der Waals surface area (Å²) in [5.41, 5.74) is 12.4. The lowest BCUT2D eigenvalue weighted by Crippen LogP contribution is -2.40. The molecule has 0 aromatic heterocycles. The summed E-state index contributed by atoms with van der Waals surface area (Å²) in [6.07, 6.45) is 0.828. The maximum Gasteiger partial charge on any atom is 0.249 e. The fourth-order valence-corrected chi connectivity index (χ4v) is 1.70. The summed E-state index contributed by atoms with van der Waals surface area (Å²) in [5, 5.41) is 0. The van der Waals surface area contributed by atoms with Crippen molar-refractivity contribution >= 4 is 17.5 Å². The Morgan fingerprint density at radius 3 is 2.60 bits per heavy atom. The monoisotopic (exact) mass is 279 g/mol. The van der Waals surface area contributed by atoms with Crippen LogP contribution in [0.5, 0.6) is 0 Å². The van der Waals surface area contributed by atoms with Gasteiger partial charge in [-0.25, -0.2) is 0 Å². The van der Waals surface area contributed by atoms with E-state index in [1.807, 2.05) is 25.1 Å². The molecule has 1 rings (SSSR count). The Balaban J connectivity index is 2.71. The molecule has 0 unspecified atom stereocenters.